The second kappa shape index (κ2) is 2.80. The van der Waals surface area contributed by atoms with Crippen molar-refractivity contribution in [2.45, 2.75) is 19.8 Å². The average molecular weight is 152 g/mol. The molecule has 0 aliphatic heterocycles. The van der Waals surface area contributed by atoms with Crippen LogP contribution in [-0.4, -0.2) is 4.98 Å². The monoisotopic (exact) mass is 152 g/mol. The van der Waals surface area contributed by atoms with E-state index >= 15 is 0 Å². The zero-order valence-electron chi connectivity index (χ0n) is 5.96. The average Bonchev–Trinajstić information content (AvgIpc) is 2.33. The number of aromatic nitrogens is 1. The molecule has 0 bridgehead atoms. The fourth-order valence-electron chi connectivity index (χ4n) is 0.750. The SMILES string of the molecule is CC(C)c1ncsc1C#N. The maximum Gasteiger partial charge on any atom is 0.128 e. The van der Waals surface area contributed by atoms with Gasteiger partial charge in [0, 0.05) is 0 Å². The Bertz CT molecular complexity index is 257. The second-order valence-electron chi connectivity index (χ2n) is 2.33. The predicted molar refractivity (Wildman–Crippen MR) is 40.9 cm³/mol. The standard InChI is InChI=1S/C7H8N2S/c1-5(2)7-6(3-8)10-4-9-7/h4-5H,1-2H3. The van der Waals surface area contributed by atoms with E-state index < -0.39 is 0 Å². The van der Waals surface area contributed by atoms with E-state index in [2.05, 4.69) is 11.1 Å². The first-order chi connectivity index (χ1) is 4.75. The lowest BCUT2D eigenvalue weighted by Gasteiger charge is -1.97. The molecule has 0 amide bonds. The molecule has 3 heteroatoms. The predicted octanol–water partition coefficient (Wildman–Crippen LogP) is 2.14. The number of rotatable bonds is 1. The molecule has 1 aromatic heterocycles. The second-order valence-corrected chi connectivity index (χ2v) is 3.19. The van der Waals surface area contributed by atoms with Gasteiger partial charge in [-0.05, 0) is 5.92 Å². The molecule has 0 atom stereocenters. The van der Waals surface area contributed by atoms with Gasteiger partial charge in [0.1, 0.15) is 10.9 Å². The smallest absolute Gasteiger partial charge is 0.128 e. The van der Waals surface area contributed by atoms with Crippen LogP contribution in [0.25, 0.3) is 0 Å². The molecule has 52 valence electrons. The molecule has 1 rings (SSSR count). The molecule has 0 saturated carbocycles. The van der Waals surface area contributed by atoms with Gasteiger partial charge in [-0.25, -0.2) is 4.98 Å². The van der Waals surface area contributed by atoms with Crippen molar-refractivity contribution in [3.63, 3.8) is 0 Å². The summed E-state index contributed by atoms with van der Waals surface area (Å²) in [6.07, 6.45) is 0. The van der Waals surface area contributed by atoms with Crippen molar-refractivity contribution in [1.29, 1.82) is 5.26 Å². The summed E-state index contributed by atoms with van der Waals surface area (Å²) in [4.78, 5) is 4.83. The third kappa shape index (κ3) is 1.17. The quantitative estimate of drug-likeness (QED) is 0.618. The van der Waals surface area contributed by atoms with Crippen LogP contribution in [0.2, 0.25) is 0 Å². The van der Waals surface area contributed by atoms with Crippen LogP contribution in [0.15, 0.2) is 5.51 Å². The Balaban J connectivity index is 3.05. The van der Waals surface area contributed by atoms with Crippen LogP contribution in [0.4, 0.5) is 0 Å². The van der Waals surface area contributed by atoms with E-state index in [0.717, 1.165) is 10.6 Å². The van der Waals surface area contributed by atoms with Crippen LogP contribution in [0.1, 0.15) is 30.3 Å². The first kappa shape index (κ1) is 7.23. The Morgan fingerprint density at radius 2 is 2.40 bits per heavy atom. The van der Waals surface area contributed by atoms with Crippen LogP contribution in [0, 0.1) is 11.3 Å². The van der Waals surface area contributed by atoms with Crippen molar-refractivity contribution >= 4 is 11.3 Å². The first-order valence-corrected chi connectivity index (χ1v) is 3.97. The van der Waals surface area contributed by atoms with Crippen molar-refractivity contribution < 1.29 is 0 Å². The van der Waals surface area contributed by atoms with Gasteiger partial charge in [0.2, 0.25) is 0 Å². The van der Waals surface area contributed by atoms with Crippen molar-refractivity contribution in [3.05, 3.63) is 16.1 Å². The number of hydrogen-bond donors (Lipinski definition) is 0. The van der Waals surface area contributed by atoms with Crippen LogP contribution < -0.4 is 0 Å². The van der Waals surface area contributed by atoms with Crippen molar-refractivity contribution in [2.75, 3.05) is 0 Å². The third-order valence-electron chi connectivity index (χ3n) is 1.24. The molecule has 0 radical (unpaired) electrons. The summed E-state index contributed by atoms with van der Waals surface area (Å²) in [6, 6.07) is 2.11. The van der Waals surface area contributed by atoms with Gasteiger partial charge in [0.05, 0.1) is 11.2 Å². The minimum atomic E-state index is 0.362. The Labute approximate surface area is 64.1 Å². The summed E-state index contributed by atoms with van der Waals surface area (Å²) >= 11 is 1.41. The Hall–Kier alpha value is -0.880. The van der Waals surface area contributed by atoms with Gasteiger partial charge in [-0.3, -0.25) is 0 Å². The molecule has 2 nitrogen and oxygen atoms in total. The lowest BCUT2D eigenvalue weighted by molar-refractivity contribution is 0.830. The molecular weight excluding hydrogens is 144 g/mol. The van der Waals surface area contributed by atoms with Crippen molar-refractivity contribution in [1.82, 2.24) is 4.98 Å². The minimum Gasteiger partial charge on any atom is -0.248 e. The first-order valence-electron chi connectivity index (χ1n) is 3.09. The molecule has 1 heterocycles. The van der Waals surface area contributed by atoms with Crippen LogP contribution in [0.3, 0.4) is 0 Å². The fourth-order valence-corrected chi connectivity index (χ4v) is 1.48. The zero-order chi connectivity index (χ0) is 7.56. The molecule has 0 spiro atoms. The van der Waals surface area contributed by atoms with Gasteiger partial charge in [0.15, 0.2) is 0 Å². The van der Waals surface area contributed by atoms with E-state index in [1.165, 1.54) is 11.3 Å². The number of nitriles is 1. The number of nitrogens with zero attached hydrogens (tertiary/aromatic N) is 2. The van der Waals surface area contributed by atoms with E-state index in [-0.39, 0.29) is 0 Å². The molecule has 0 unspecified atom stereocenters. The lowest BCUT2D eigenvalue weighted by atomic mass is 10.1. The number of hydrogen-bond acceptors (Lipinski definition) is 3. The highest BCUT2D eigenvalue weighted by atomic mass is 32.1. The number of thiazole rings is 1. The van der Waals surface area contributed by atoms with E-state index in [0.29, 0.717) is 5.92 Å². The van der Waals surface area contributed by atoms with Gasteiger partial charge in [-0.2, -0.15) is 5.26 Å². The molecule has 0 saturated heterocycles. The molecule has 0 N–H and O–H groups in total. The van der Waals surface area contributed by atoms with Gasteiger partial charge < -0.3 is 0 Å². The minimum absolute atomic E-state index is 0.362. The molecule has 0 aromatic carbocycles. The highest BCUT2D eigenvalue weighted by molar-refractivity contribution is 7.10. The third-order valence-corrected chi connectivity index (χ3v) is 1.99. The van der Waals surface area contributed by atoms with Gasteiger partial charge in [-0.1, -0.05) is 13.8 Å². The summed E-state index contributed by atoms with van der Waals surface area (Å²) < 4.78 is 0. The zero-order valence-corrected chi connectivity index (χ0v) is 6.77. The highest BCUT2D eigenvalue weighted by Gasteiger charge is 2.07. The van der Waals surface area contributed by atoms with Crippen LogP contribution >= 0.6 is 11.3 Å². The topological polar surface area (TPSA) is 36.7 Å². The van der Waals surface area contributed by atoms with E-state index in [1.54, 1.807) is 5.51 Å². The van der Waals surface area contributed by atoms with Gasteiger partial charge >= 0.3 is 0 Å². The fraction of sp³-hybridized carbons (Fsp3) is 0.429. The Morgan fingerprint density at radius 3 is 2.80 bits per heavy atom. The Kier molecular flexibility index (Phi) is 2.03. The normalized spacial score (nSPS) is 9.80. The van der Waals surface area contributed by atoms with Gasteiger partial charge in [-0.15, -0.1) is 11.3 Å². The van der Waals surface area contributed by atoms with E-state index in [9.17, 15) is 0 Å². The molecule has 10 heavy (non-hydrogen) atoms. The van der Waals surface area contributed by atoms with Crippen LogP contribution in [0.5, 0.6) is 0 Å². The van der Waals surface area contributed by atoms with E-state index in [1.807, 2.05) is 13.8 Å². The molecule has 0 aliphatic carbocycles. The summed E-state index contributed by atoms with van der Waals surface area (Å²) in [5.41, 5.74) is 2.64. The Morgan fingerprint density at radius 1 is 1.70 bits per heavy atom. The highest BCUT2D eigenvalue weighted by Crippen LogP contribution is 2.19. The molecular formula is C7H8N2S. The maximum atomic E-state index is 8.58. The van der Waals surface area contributed by atoms with Crippen molar-refractivity contribution in [3.8, 4) is 6.07 Å². The maximum absolute atomic E-state index is 8.58. The summed E-state index contributed by atoms with van der Waals surface area (Å²) in [5, 5.41) is 8.58. The molecule has 1 aromatic rings. The summed E-state index contributed by atoms with van der Waals surface area (Å²) in [6.45, 7) is 4.08. The summed E-state index contributed by atoms with van der Waals surface area (Å²) in [7, 11) is 0. The largest absolute Gasteiger partial charge is 0.248 e. The lowest BCUT2D eigenvalue weighted by Crippen LogP contribution is -1.88. The van der Waals surface area contributed by atoms with Crippen LogP contribution in [-0.2, 0) is 0 Å². The van der Waals surface area contributed by atoms with Gasteiger partial charge in [0.25, 0.3) is 0 Å². The molecule has 0 aliphatic rings. The van der Waals surface area contributed by atoms with E-state index in [4.69, 9.17) is 5.26 Å². The van der Waals surface area contributed by atoms with Crippen molar-refractivity contribution in [2.24, 2.45) is 0 Å². The molecule has 0 fully saturated rings. The summed E-state index contributed by atoms with van der Waals surface area (Å²) in [5.74, 6) is 0.362.